The van der Waals surface area contributed by atoms with Crippen LogP contribution in [0.5, 0.6) is 0 Å². The smallest absolute Gasteiger partial charge is 0.0622 e. The molecule has 0 saturated carbocycles. The minimum Gasteiger partial charge on any atom is -0.390 e. The second-order valence-electron chi connectivity index (χ2n) is 5.26. The number of rotatable bonds is 8. The van der Waals surface area contributed by atoms with Gasteiger partial charge in [0.05, 0.1) is 5.60 Å². The molecule has 0 saturated heterocycles. The molecule has 0 aliphatic rings. The minimum atomic E-state index is -0.430. The highest BCUT2D eigenvalue weighted by atomic mass is 16.3. The average molecular weight is 200 g/mol. The lowest BCUT2D eigenvalue weighted by atomic mass is 9.89. The van der Waals surface area contributed by atoms with Gasteiger partial charge in [0, 0.05) is 0 Å². The van der Waals surface area contributed by atoms with Crippen LogP contribution in [0, 0.1) is 5.92 Å². The summed E-state index contributed by atoms with van der Waals surface area (Å²) in [6, 6.07) is 0. The molecule has 1 N–H and O–H groups in total. The molecular formula is C13H28O. The van der Waals surface area contributed by atoms with E-state index in [0.717, 1.165) is 12.8 Å². The van der Waals surface area contributed by atoms with E-state index in [-0.39, 0.29) is 0 Å². The summed E-state index contributed by atoms with van der Waals surface area (Å²) in [5.74, 6) is 0.598. The van der Waals surface area contributed by atoms with Gasteiger partial charge in [-0.05, 0) is 25.7 Å². The fourth-order valence-corrected chi connectivity index (χ4v) is 2.09. The van der Waals surface area contributed by atoms with Crippen LogP contribution in [0.3, 0.4) is 0 Å². The minimum absolute atomic E-state index is 0.430. The molecule has 0 rings (SSSR count). The van der Waals surface area contributed by atoms with Crippen LogP contribution in [0.15, 0.2) is 0 Å². The van der Waals surface area contributed by atoms with Gasteiger partial charge in [-0.25, -0.2) is 0 Å². The normalized spacial score (nSPS) is 15.9. The second-order valence-corrected chi connectivity index (χ2v) is 5.26. The lowest BCUT2D eigenvalue weighted by molar-refractivity contribution is 0.0274. The lowest BCUT2D eigenvalue weighted by Crippen LogP contribution is -2.25. The largest absolute Gasteiger partial charge is 0.390 e. The van der Waals surface area contributed by atoms with Crippen molar-refractivity contribution in [3.8, 4) is 0 Å². The maximum atomic E-state index is 10.0. The Morgan fingerprint density at radius 2 is 1.64 bits per heavy atom. The highest BCUT2D eigenvalue weighted by Crippen LogP contribution is 2.22. The third kappa shape index (κ3) is 8.55. The van der Waals surface area contributed by atoms with Crippen molar-refractivity contribution in [3.63, 3.8) is 0 Å². The van der Waals surface area contributed by atoms with Crippen LogP contribution in [-0.4, -0.2) is 10.7 Å². The first-order chi connectivity index (χ1) is 6.48. The van der Waals surface area contributed by atoms with E-state index in [1.165, 1.54) is 32.1 Å². The monoisotopic (exact) mass is 200 g/mol. The summed E-state index contributed by atoms with van der Waals surface area (Å²) in [5, 5.41) is 10.0. The van der Waals surface area contributed by atoms with E-state index >= 15 is 0 Å². The number of unbranched alkanes of at least 4 members (excludes halogenated alkanes) is 4. The van der Waals surface area contributed by atoms with Crippen LogP contribution in [0.25, 0.3) is 0 Å². The first-order valence-electron chi connectivity index (χ1n) is 6.20. The highest BCUT2D eigenvalue weighted by molar-refractivity contribution is 4.73. The molecule has 0 aliphatic heterocycles. The fourth-order valence-electron chi connectivity index (χ4n) is 2.09. The van der Waals surface area contributed by atoms with Gasteiger partial charge in [0.15, 0.2) is 0 Å². The SMILES string of the molecule is CCCCCCCC(C)(O)CC(C)C. The first-order valence-corrected chi connectivity index (χ1v) is 6.20. The Hall–Kier alpha value is -0.0400. The molecular weight excluding hydrogens is 172 g/mol. The zero-order chi connectivity index (χ0) is 11.0. The summed E-state index contributed by atoms with van der Waals surface area (Å²) in [7, 11) is 0. The van der Waals surface area contributed by atoms with E-state index < -0.39 is 5.60 Å². The van der Waals surface area contributed by atoms with Gasteiger partial charge in [-0.1, -0.05) is 52.9 Å². The third-order valence-electron chi connectivity index (χ3n) is 2.67. The number of aliphatic hydroxyl groups is 1. The average Bonchev–Trinajstić information content (AvgIpc) is 2.01. The summed E-state index contributed by atoms with van der Waals surface area (Å²) < 4.78 is 0. The van der Waals surface area contributed by atoms with Gasteiger partial charge in [-0.2, -0.15) is 0 Å². The first kappa shape index (κ1) is 14.0. The predicted octanol–water partition coefficient (Wildman–Crippen LogP) is 4.14. The van der Waals surface area contributed by atoms with Crippen LogP contribution >= 0.6 is 0 Å². The molecule has 0 aliphatic carbocycles. The predicted molar refractivity (Wildman–Crippen MR) is 63.5 cm³/mol. The van der Waals surface area contributed by atoms with E-state index in [0.29, 0.717) is 5.92 Å². The standard InChI is InChI=1S/C13H28O/c1-5-6-7-8-9-10-13(4,14)11-12(2)3/h12,14H,5-11H2,1-4H3. The van der Waals surface area contributed by atoms with Crippen LogP contribution in [-0.2, 0) is 0 Å². The van der Waals surface area contributed by atoms with Gasteiger partial charge >= 0.3 is 0 Å². The van der Waals surface area contributed by atoms with E-state index in [1.54, 1.807) is 0 Å². The summed E-state index contributed by atoms with van der Waals surface area (Å²) >= 11 is 0. The molecule has 0 radical (unpaired) electrons. The van der Waals surface area contributed by atoms with Crippen LogP contribution in [0.1, 0.15) is 72.6 Å². The van der Waals surface area contributed by atoms with Gasteiger partial charge in [0.25, 0.3) is 0 Å². The van der Waals surface area contributed by atoms with E-state index in [1.807, 2.05) is 6.92 Å². The van der Waals surface area contributed by atoms with Gasteiger partial charge in [0.2, 0.25) is 0 Å². The summed E-state index contributed by atoms with van der Waals surface area (Å²) in [5.41, 5.74) is -0.430. The summed E-state index contributed by atoms with van der Waals surface area (Å²) in [6.07, 6.45) is 8.32. The summed E-state index contributed by atoms with van der Waals surface area (Å²) in [6.45, 7) is 8.55. The highest BCUT2D eigenvalue weighted by Gasteiger charge is 2.20. The van der Waals surface area contributed by atoms with Gasteiger partial charge in [-0.15, -0.1) is 0 Å². The van der Waals surface area contributed by atoms with Crippen molar-refractivity contribution in [2.75, 3.05) is 0 Å². The van der Waals surface area contributed by atoms with Crippen LogP contribution in [0.2, 0.25) is 0 Å². The zero-order valence-electron chi connectivity index (χ0n) is 10.5. The molecule has 0 aromatic rings. The Morgan fingerprint density at radius 3 is 2.14 bits per heavy atom. The molecule has 1 unspecified atom stereocenters. The van der Waals surface area contributed by atoms with E-state index in [2.05, 4.69) is 20.8 Å². The molecule has 0 aromatic carbocycles. The van der Waals surface area contributed by atoms with Crippen molar-refractivity contribution in [2.45, 2.75) is 78.2 Å². The second kappa shape index (κ2) is 7.28. The van der Waals surface area contributed by atoms with Crippen LogP contribution < -0.4 is 0 Å². The van der Waals surface area contributed by atoms with Gasteiger partial charge in [-0.3, -0.25) is 0 Å². The van der Waals surface area contributed by atoms with Gasteiger partial charge < -0.3 is 5.11 Å². The maximum Gasteiger partial charge on any atom is 0.0622 e. The Balaban J connectivity index is 3.45. The molecule has 14 heavy (non-hydrogen) atoms. The van der Waals surface area contributed by atoms with E-state index in [4.69, 9.17) is 0 Å². The van der Waals surface area contributed by atoms with Crippen molar-refractivity contribution in [3.05, 3.63) is 0 Å². The van der Waals surface area contributed by atoms with Crippen LogP contribution in [0.4, 0.5) is 0 Å². The summed E-state index contributed by atoms with van der Waals surface area (Å²) in [4.78, 5) is 0. The van der Waals surface area contributed by atoms with E-state index in [9.17, 15) is 5.11 Å². The quantitative estimate of drug-likeness (QED) is 0.584. The molecule has 0 fully saturated rings. The zero-order valence-corrected chi connectivity index (χ0v) is 10.5. The fraction of sp³-hybridized carbons (Fsp3) is 1.00. The molecule has 0 amide bonds. The number of hydrogen-bond acceptors (Lipinski definition) is 1. The van der Waals surface area contributed by atoms with Gasteiger partial charge in [0.1, 0.15) is 0 Å². The Labute approximate surface area is 89.9 Å². The Kier molecular flexibility index (Phi) is 7.26. The maximum absolute atomic E-state index is 10.0. The molecule has 1 heteroatoms. The van der Waals surface area contributed by atoms with Crippen molar-refractivity contribution in [1.29, 1.82) is 0 Å². The molecule has 86 valence electrons. The molecule has 0 heterocycles. The van der Waals surface area contributed by atoms with Crippen molar-refractivity contribution < 1.29 is 5.11 Å². The topological polar surface area (TPSA) is 20.2 Å². The lowest BCUT2D eigenvalue weighted by Gasteiger charge is -2.25. The third-order valence-corrected chi connectivity index (χ3v) is 2.67. The Morgan fingerprint density at radius 1 is 1.07 bits per heavy atom. The molecule has 0 aromatic heterocycles. The molecule has 0 spiro atoms. The number of hydrogen-bond donors (Lipinski definition) is 1. The Bertz CT molecular complexity index is 127. The molecule has 1 atom stereocenters. The van der Waals surface area contributed by atoms with Crippen molar-refractivity contribution in [1.82, 2.24) is 0 Å². The molecule has 0 bridgehead atoms. The van der Waals surface area contributed by atoms with Crippen molar-refractivity contribution in [2.24, 2.45) is 5.92 Å². The molecule has 1 nitrogen and oxygen atoms in total. The van der Waals surface area contributed by atoms with Crippen molar-refractivity contribution >= 4 is 0 Å².